The Kier molecular flexibility index (Phi) is 4.16. The molecule has 1 nitrogen and oxygen atoms in total. The van der Waals surface area contributed by atoms with Crippen molar-refractivity contribution in [2.24, 2.45) is 0 Å². The van der Waals surface area contributed by atoms with Crippen LogP contribution in [-0.2, 0) is 0 Å². The van der Waals surface area contributed by atoms with E-state index in [-0.39, 0.29) is 0 Å². The molecule has 1 aromatic rings. The fourth-order valence-electron chi connectivity index (χ4n) is 0.866. The van der Waals surface area contributed by atoms with Crippen molar-refractivity contribution in [2.75, 3.05) is 0 Å². The van der Waals surface area contributed by atoms with Crippen molar-refractivity contribution in [3.63, 3.8) is 0 Å². The number of aliphatic hydroxyl groups excluding tert-OH is 1. The van der Waals surface area contributed by atoms with Crippen molar-refractivity contribution in [3.8, 4) is 0 Å². The number of rotatable bonds is 2. The first-order chi connectivity index (χ1) is 6.09. The first-order valence-electron chi connectivity index (χ1n) is 3.91. The maximum absolute atomic E-state index is 9.03. The summed E-state index contributed by atoms with van der Waals surface area (Å²) in [7, 11) is 0. The maximum atomic E-state index is 9.03. The second-order valence-corrected chi connectivity index (χ2v) is 4.48. The molecule has 1 unspecified atom stereocenters. The fourth-order valence-corrected chi connectivity index (χ4v) is 1.51. The topological polar surface area (TPSA) is 20.2 Å². The summed E-state index contributed by atoms with van der Waals surface area (Å²) in [6.07, 6.45) is 3.24. The summed E-state index contributed by atoms with van der Waals surface area (Å²) in [5.41, 5.74) is 1.07. The van der Waals surface area contributed by atoms with Gasteiger partial charge in [0, 0.05) is 8.95 Å². The Hall–Kier alpha value is -0.120. The van der Waals surface area contributed by atoms with Gasteiger partial charge in [-0.15, -0.1) is 0 Å². The zero-order chi connectivity index (χ0) is 9.84. The van der Waals surface area contributed by atoms with Gasteiger partial charge >= 0.3 is 0 Å². The minimum Gasteiger partial charge on any atom is -0.389 e. The summed E-state index contributed by atoms with van der Waals surface area (Å²) in [5, 5.41) is 9.03. The Labute approximate surface area is 94.7 Å². The van der Waals surface area contributed by atoms with Crippen LogP contribution in [0.4, 0.5) is 0 Å². The lowest BCUT2D eigenvalue weighted by molar-refractivity contribution is 0.245. The molecule has 0 spiro atoms. The van der Waals surface area contributed by atoms with Crippen LogP contribution in [0.3, 0.4) is 0 Å². The van der Waals surface area contributed by atoms with Gasteiger partial charge in [-0.25, -0.2) is 0 Å². The van der Waals surface area contributed by atoms with E-state index in [0.717, 1.165) is 14.5 Å². The molecule has 0 aliphatic rings. The van der Waals surface area contributed by atoms with E-state index in [9.17, 15) is 0 Å². The minimum absolute atomic E-state index is 0.401. The van der Waals surface area contributed by atoms with Crippen LogP contribution < -0.4 is 0 Å². The molecule has 0 bridgehead atoms. The number of hydrogen-bond acceptors (Lipinski definition) is 1. The van der Waals surface area contributed by atoms with E-state index in [1.54, 1.807) is 13.0 Å². The molecule has 1 N–H and O–H groups in total. The Balaban J connectivity index is 2.85. The Morgan fingerprint density at radius 2 is 2.00 bits per heavy atom. The monoisotopic (exact) mass is 304 g/mol. The largest absolute Gasteiger partial charge is 0.389 e. The second kappa shape index (κ2) is 4.94. The van der Waals surface area contributed by atoms with E-state index in [2.05, 4.69) is 31.9 Å². The van der Waals surface area contributed by atoms with Crippen LogP contribution in [0, 0.1) is 0 Å². The molecule has 70 valence electrons. The summed E-state index contributed by atoms with van der Waals surface area (Å²) < 4.78 is 2.04. The van der Waals surface area contributed by atoms with Gasteiger partial charge in [0.15, 0.2) is 0 Å². The predicted molar refractivity (Wildman–Crippen MR) is 62.6 cm³/mol. The molecule has 1 aromatic carbocycles. The predicted octanol–water partition coefficient (Wildman–Crippen LogP) is 3.61. The number of benzene rings is 1. The Morgan fingerprint density at radius 3 is 2.54 bits per heavy atom. The van der Waals surface area contributed by atoms with Gasteiger partial charge in [0.05, 0.1) is 6.10 Å². The third-order valence-electron chi connectivity index (χ3n) is 1.51. The molecule has 0 aliphatic heterocycles. The lowest BCUT2D eigenvalue weighted by atomic mass is 10.2. The van der Waals surface area contributed by atoms with Gasteiger partial charge in [-0.1, -0.05) is 18.2 Å². The van der Waals surface area contributed by atoms with Crippen molar-refractivity contribution in [1.82, 2.24) is 0 Å². The van der Waals surface area contributed by atoms with Crippen molar-refractivity contribution < 1.29 is 5.11 Å². The number of halogens is 2. The van der Waals surface area contributed by atoms with Gasteiger partial charge in [-0.3, -0.25) is 0 Å². The minimum atomic E-state index is -0.401. The molecule has 0 aliphatic carbocycles. The van der Waals surface area contributed by atoms with Crippen LogP contribution in [0.1, 0.15) is 12.5 Å². The maximum Gasteiger partial charge on any atom is 0.0696 e. The highest BCUT2D eigenvalue weighted by molar-refractivity contribution is 9.13. The van der Waals surface area contributed by atoms with E-state index in [1.807, 2.05) is 24.3 Å². The van der Waals surface area contributed by atoms with Crippen LogP contribution in [-0.4, -0.2) is 11.2 Å². The average Bonchev–Trinajstić information content (AvgIpc) is 2.07. The van der Waals surface area contributed by atoms with E-state index in [0.29, 0.717) is 0 Å². The second-order valence-electron chi connectivity index (χ2n) is 2.77. The van der Waals surface area contributed by atoms with Gasteiger partial charge in [-0.05, 0) is 56.5 Å². The van der Waals surface area contributed by atoms with Gasteiger partial charge in [0.25, 0.3) is 0 Å². The van der Waals surface area contributed by atoms with Crippen LogP contribution in [0.25, 0.3) is 6.08 Å². The van der Waals surface area contributed by atoms with Gasteiger partial charge in [-0.2, -0.15) is 0 Å². The molecule has 0 radical (unpaired) electrons. The first-order valence-corrected chi connectivity index (χ1v) is 5.49. The van der Waals surface area contributed by atoms with Crippen LogP contribution in [0.15, 0.2) is 33.2 Å². The summed E-state index contributed by atoms with van der Waals surface area (Å²) >= 11 is 6.80. The van der Waals surface area contributed by atoms with E-state index in [1.165, 1.54) is 0 Å². The van der Waals surface area contributed by atoms with Gasteiger partial charge in [0.1, 0.15) is 0 Å². The summed E-state index contributed by atoms with van der Waals surface area (Å²) in [5.74, 6) is 0. The number of aliphatic hydroxyl groups is 1. The molecule has 0 amide bonds. The van der Waals surface area contributed by atoms with E-state index in [4.69, 9.17) is 5.11 Å². The molecule has 0 fully saturated rings. The molecule has 0 heterocycles. The molecule has 3 heteroatoms. The van der Waals surface area contributed by atoms with Crippen LogP contribution in [0.2, 0.25) is 0 Å². The first kappa shape index (κ1) is 11.0. The van der Waals surface area contributed by atoms with Crippen molar-refractivity contribution in [3.05, 3.63) is 38.8 Å². The summed E-state index contributed by atoms with van der Waals surface area (Å²) in [6.45, 7) is 1.73. The SMILES string of the molecule is CC(O)/C=C/c1ccc(Br)c(Br)c1. The molecule has 1 atom stereocenters. The van der Waals surface area contributed by atoms with Crippen LogP contribution >= 0.6 is 31.9 Å². The fraction of sp³-hybridized carbons (Fsp3) is 0.200. The lowest BCUT2D eigenvalue weighted by Crippen LogP contribution is -1.91. The lowest BCUT2D eigenvalue weighted by Gasteiger charge is -1.98. The molecule has 1 rings (SSSR count). The Bertz CT molecular complexity index is 319. The zero-order valence-corrected chi connectivity index (χ0v) is 10.3. The van der Waals surface area contributed by atoms with E-state index >= 15 is 0 Å². The van der Waals surface area contributed by atoms with Gasteiger partial charge in [0.2, 0.25) is 0 Å². The average molecular weight is 306 g/mol. The summed E-state index contributed by atoms with van der Waals surface area (Å²) in [6, 6.07) is 5.93. The van der Waals surface area contributed by atoms with E-state index < -0.39 is 6.10 Å². The van der Waals surface area contributed by atoms with Crippen molar-refractivity contribution >= 4 is 37.9 Å². The van der Waals surface area contributed by atoms with Crippen LogP contribution in [0.5, 0.6) is 0 Å². The Morgan fingerprint density at radius 1 is 1.31 bits per heavy atom. The third-order valence-corrected chi connectivity index (χ3v) is 3.39. The highest BCUT2D eigenvalue weighted by atomic mass is 79.9. The van der Waals surface area contributed by atoms with Crippen molar-refractivity contribution in [1.29, 1.82) is 0 Å². The third kappa shape index (κ3) is 3.63. The highest BCUT2D eigenvalue weighted by Crippen LogP contribution is 2.24. The molecular formula is C10H10Br2O. The van der Waals surface area contributed by atoms with Gasteiger partial charge < -0.3 is 5.11 Å². The molecule has 13 heavy (non-hydrogen) atoms. The number of hydrogen-bond donors (Lipinski definition) is 1. The quantitative estimate of drug-likeness (QED) is 0.885. The smallest absolute Gasteiger partial charge is 0.0696 e. The standard InChI is InChI=1S/C10H10Br2O/c1-7(13)2-3-8-4-5-9(11)10(12)6-8/h2-7,13H,1H3/b3-2+. The molecule has 0 aromatic heterocycles. The molecule has 0 saturated heterocycles. The highest BCUT2D eigenvalue weighted by Gasteiger charge is 1.95. The summed E-state index contributed by atoms with van der Waals surface area (Å²) in [4.78, 5) is 0. The van der Waals surface area contributed by atoms with Crippen molar-refractivity contribution in [2.45, 2.75) is 13.0 Å². The zero-order valence-electron chi connectivity index (χ0n) is 7.17. The molecular weight excluding hydrogens is 296 g/mol. The molecule has 0 saturated carbocycles. The normalized spacial score (nSPS) is 13.5.